The second kappa shape index (κ2) is 9.69. The third kappa shape index (κ3) is 5.14. The van der Waals surface area contributed by atoms with Gasteiger partial charge in [-0.3, -0.25) is 9.10 Å². The van der Waals surface area contributed by atoms with Crippen molar-refractivity contribution in [3.05, 3.63) is 82.0 Å². The third-order valence-electron chi connectivity index (χ3n) is 4.46. The lowest BCUT2D eigenvalue weighted by atomic mass is 10.1. The summed E-state index contributed by atoms with van der Waals surface area (Å²) in [4.78, 5) is 13.6. The van der Waals surface area contributed by atoms with Crippen LogP contribution in [-0.2, 0) is 21.2 Å². The van der Waals surface area contributed by atoms with Crippen molar-refractivity contribution in [2.75, 3.05) is 10.8 Å². The van der Waals surface area contributed by atoms with E-state index in [-0.39, 0.29) is 11.4 Å². The molecular weight excluding hydrogens is 418 g/mol. The molecule has 8 heteroatoms. The van der Waals surface area contributed by atoms with Crippen LogP contribution in [0.25, 0.3) is 0 Å². The molecule has 0 atom stereocenters. The van der Waals surface area contributed by atoms with Crippen molar-refractivity contribution in [1.29, 1.82) is 0 Å². The summed E-state index contributed by atoms with van der Waals surface area (Å²) in [5.41, 5.74) is 4.70. The number of carbonyl (C=O) groups is 1. The first kappa shape index (κ1) is 21.7. The van der Waals surface area contributed by atoms with E-state index in [1.807, 2.05) is 43.5 Å². The number of thiophene rings is 1. The van der Waals surface area contributed by atoms with Gasteiger partial charge in [-0.1, -0.05) is 48.9 Å². The van der Waals surface area contributed by atoms with Gasteiger partial charge in [0, 0.05) is 4.88 Å². The average Bonchev–Trinajstić information content (AvgIpc) is 3.26. The molecule has 1 heterocycles. The van der Waals surface area contributed by atoms with Crippen molar-refractivity contribution in [3.8, 4) is 0 Å². The molecule has 0 saturated heterocycles. The zero-order valence-corrected chi connectivity index (χ0v) is 18.4. The quantitative estimate of drug-likeness (QED) is 0.424. The Bertz CT molecular complexity index is 1120. The van der Waals surface area contributed by atoms with E-state index in [1.165, 1.54) is 17.6 Å². The minimum absolute atomic E-state index is 0.133. The van der Waals surface area contributed by atoms with Gasteiger partial charge in [-0.25, -0.2) is 13.8 Å². The number of hydrogen-bond acceptors (Lipinski definition) is 5. The minimum Gasteiger partial charge on any atom is -0.271 e. The highest BCUT2D eigenvalue weighted by Gasteiger charge is 2.28. The zero-order chi connectivity index (χ0) is 21.6. The first-order valence-corrected chi connectivity index (χ1v) is 11.8. The van der Waals surface area contributed by atoms with Gasteiger partial charge in [-0.15, -0.1) is 11.3 Å². The first-order valence-electron chi connectivity index (χ1n) is 9.44. The molecule has 0 bridgehead atoms. The number of nitrogens with one attached hydrogen (secondary N) is 1. The van der Waals surface area contributed by atoms with Crippen molar-refractivity contribution in [3.63, 3.8) is 0 Å². The Balaban J connectivity index is 1.91. The zero-order valence-electron chi connectivity index (χ0n) is 16.8. The van der Waals surface area contributed by atoms with Gasteiger partial charge in [0.2, 0.25) is 0 Å². The monoisotopic (exact) mass is 441 g/mol. The van der Waals surface area contributed by atoms with Crippen LogP contribution in [0, 0.1) is 6.92 Å². The molecule has 1 amide bonds. The Kier molecular flexibility index (Phi) is 7.02. The Morgan fingerprint density at radius 3 is 2.50 bits per heavy atom. The highest BCUT2D eigenvalue weighted by molar-refractivity contribution is 7.92. The molecule has 0 fully saturated rings. The van der Waals surface area contributed by atoms with Gasteiger partial charge in [-0.05, 0) is 48.6 Å². The number of sulfonamides is 1. The Hall–Kier alpha value is -2.97. The van der Waals surface area contributed by atoms with E-state index >= 15 is 0 Å². The highest BCUT2D eigenvalue weighted by Crippen LogP contribution is 2.27. The molecule has 3 rings (SSSR count). The number of nitrogens with zero attached hydrogens (tertiary/aromatic N) is 2. The molecule has 0 aliphatic carbocycles. The lowest BCUT2D eigenvalue weighted by Gasteiger charge is -2.25. The van der Waals surface area contributed by atoms with Gasteiger partial charge in [0.15, 0.2) is 0 Å². The summed E-state index contributed by atoms with van der Waals surface area (Å²) in [6.07, 6.45) is 2.16. The van der Waals surface area contributed by atoms with Crippen molar-refractivity contribution < 1.29 is 13.2 Å². The number of rotatable bonds is 8. The fraction of sp³-hybridized carbons (Fsp3) is 0.182. The van der Waals surface area contributed by atoms with Crippen LogP contribution in [-0.4, -0.2) is 27.1 Å². The molecule has 0 radical (unpaired) electrons. The predicted molar refractivity (Wildman–Crippen MR) is 122 cm³/mol. The second-order valence-electron chi connectivity index (χ2n) is 6.62. The largest absolute Gasteiger partial charge is 0.271 e. The summed E-state index contributed by atoms with van der Waals surface area (Å²) >= 11 is 1.49. The number of para-hydroxylation sites is 1. The fourth-order valence-corrected chi connectivity index (χ4v) is 4.93. The number of benzene rings is 2. The first-order chi connectivity index (χ1) is 14.4. The molecular formula is C22H23N3O3S2. The Labute approximate surface area is 180 Å². The number of carbonyl (C=O) groups excluding carboxylic acids is 1. The van der Waals surface area contributed by atoms with Crippen molar-refractivity contribution >= 4 is 39.2 Å². The second-order valence-corrected chi connectivity index (χ2v) is 9.46. The molecule has 0 aliphatic heterocycles. The van der Waals surface area contributed by atoms with Gasteiger partial charge in [-0.2, -0.15) is 5.10 Å². The smallest absolute Gasteiger partial charge is 0.264 e. The maximum absolute atomic E-state index is 13.4. The summed E-state index contributed by atoms with van der Waals surface area (Å²) in [6, 6.07) is 17.5. The summed E-state index contributed by atoms with van der Waals surface area (Å²) in [7, 11) is -3.94. The number of hydrogen-bond donors (Lipinski definition) is 1. The van der Waals surface area contributed by atoms with Gasteiger partial charge < -0.3 is 0 Å². The van der Waals surface area contributed by atoms with E-state index < -0.39 is 15.9 Å². The van der Waals surface area contributed by atoms with Crippen molar-refractivity contribution in [2.45, 2.75) is 25.2 Å². The molecule has 0 spiro atoms. The van der Waals surface area contributed by atoms with E-state index in [2.05, 4.69) is 10.5 Å². The van der Waals surface area contributed by atoms with Crippen LogP contribution in [0.15, 0.2) is 76.0 Å². The Morgan fingerprint density at radius 2 is 1.83 bits per heavy atom. The number of amides is 1. The summed E-state index contributed by atoms with van der Waals surface area (Å²) in [6.45, 7) is 3.45. The van der Waals surface area contributed by atoms with E-state index in [1.54, 1.807) is 36.4 Å². The van der Waals surface area contributed by atoms with Crippen molar-refractivity contribution in [2.24, 2.45) is 5.10 Å². The predicted octanol–water partition coefficient (Wildman–Crippen LogP) is 3.96. The summed E-state index contributed by atoms with van der Waals surface area (Å²) in [5, 5.41) is 5.84. The number of aryl methyl sites for hydroxylation is 2. The third-order valence-corrected chi connectivity index (χ3v) is 7.04. The molecule has 2 aromatic carbocycles. The van der Waals surface area contributed by atoms with Crippen LogP contribution in [0.1, 0.15) is 22.9 Å². The van der Waals surface area contributed by atoms with Gasteiger partial charge in [0.05, 0.1) is 16.8 Å². The van der Waals surface area contributed by atoms with Crippen LogP contribution in [0.3, 0.4) is 0 Å². The van der Waals surface area contributed by atoms with E-state index in [0.717, 1.165) is 20.3 Å². The SMILES string of the molecule is CCc1ccccc1N(CC(=O)NN=Cc1cccs1)S(=O)(=O)c1ccc(C)cc1. The maximum atomic E-state index is 13.4. The molecule has 30 heavy (non-hydrogen) atoms. The van der Waals surface area contributed by atoms with E-state index in [9.17, 15) is 13.2 Å². The van der Waals surface area contributed by atoms with Crippen LogP contribution >= 0.6 is 11.3 Å². The fourth-order valence-electron chi connectivity index (χ4n) is 2.89. The molecule has 1 N–H and O–H groups in total. The molecule has 6 nitrogen and oxygen atoms in total. The molecule has 0 saturated carbocycles. The van der Waals surface area contributed by atoms with Crippen molar-refractivity contribution in [1.82, 2.24) is 5.43 Å². The Morgan fingerprint density at radius 1 is 1.10 bits per heavy atom. The summed E-state index contributed by atoms with van der Waals surface area (Å²) < 4.78 is 28.0. The van der Waals surface area contributed by atoms with Gasteiger partial charge >= 0.3 is 0 Å². The van der Waals surface area contributed by atoms with Crippen LogP contribution in [0.5, 0.6) is 0 Å². The van der Waals surface area contributed by atoms with Crippen LogP contribution in [0.2, 0.25) is 0 Å². The van der Waals surface area contributed by atoms with Crippen LogP contribution in [0.4, 0.5) is 5.69 Å². The van der Waals surface area contributed by atoms with E-state index in [0.29, 0.717) is 12.1 Å². The average molecular weight is 442 g/mol. The van der Waals surface area contributed by atoms with E-state index in [4.69, 9.17) is 0 Å². The summed E-state index contributed by atoms with van der Waals surface area (Å²) in [5.74, 6) is -0.524. The molecule has 3 aromatic rings. The topological polar surface area (TPSA) is 78.8 Å². The highest BCUT2D eigenvalue weighted by atomic mass is 32.2. The molecule has 0 aliphatic rings. The molecule has 1 aromatic heterocycles. The minimum atomic E-state index is -3.94. The lowest BCUT2D eigenvalue weighted by molar-refractivity contribution is -0.119. The molecule has 0 unspecified atom stereocenters. The standard InChI is InChI=1S/C22H23N3O3S2/c1-3-18-7-4-5-9-21(18)25(30(27,28)20-12-10-17(2)11-13-20)16-22(26)24-23-15-19-8-6-14-29-19/h4-15H,3,16H2,1-2H3,(H,24,26). The number of anilines is 1. The number of hydrazone groups is 1. The lowest BCUT2D eigenvalue weighted by Crippen LogP contribution is -2.40. The van der Waals surface area contributed by atoms with Gasteiger partial charge in [0.25, 0.3) is 15.9 Å². The normalized spacial score (nSPS) is 11.5. The molecule has 156 valence electrons. The maximum Gasteiger partial charge on any atom is 0.264 e. The van der Waals surface area contributed by atoms with Crippen LogP contribution < -0.4 is 9.73 Å². The van der Waals surface area contributed by atoms with Gasteiger partial charge in [0.1, 0.15) is 6.54 Å².